The molecule has 3 saturated heterocycles. The number of carbonyl (C=O) groups is 3. The Kier molecular flexibility index (Phi) is 17.3. The van der Waals surface area contributed by atoms with Crippen molar-refractivity contribution in [3.8, 4) is 0 Å². The molecule has 13 heteroatoms. The zero-order valence-electron chi connectivity index (χ0n) is 37.3. The first kappa shape index (κ1) is 48.5. The van der Waals surface area contributed by atoms with Gasteiger partial charge in [-0.15, -0.1) is 0 Å². The van der Waals surface area contributed by atoms with E-state index < -0.39 is 83.2 Å². The fourth-order valence-corrected chi connectivity index (χ4v) is 10.2. The second-order valence-corrected chi connectivity index (χ2v) is 18.7. The zero-order chi connectivity index (χ0) is 43.2. The fourth-order valence-electron chi connectivity index (χ4n) is 10.2. The van der Waals surface area contributed by atoms with Crippen LogP contribution < -0.4 is 10.6 Å². The lowest BCUT2D eigenvalue weighted by molar-refractivity contribution is -0.460. The summed E-state index contributed by atoms with van der Waals surface area (Å²) in [6, 6.07) is -1.13. The molecule has 334 valence electrons. The van der Waals surface area contributed by atoms with Gasteiger partial charge in [-0.25, -0.2) is 9.68 Å². The highest BCUT2D eigenvalue weighted by Gasteiger charge is 2.59. The van der Waals surface area contributed by atoms with Crippen LogP contribution in [0.1, 0.15) is 147 Å². The van der Waals surface area contributed by atoms with Gasteiger partial charge in [0.1, 0.15) is 17.9 Å². The summed E-state index contributed by atoms with van der Waals surface area (Å²) in [5.41, 5.74) is -1.76. The zero-order valence-corrected chi connectivity index (χ0v) is 37.3. The first-order valence-corrected chi connectivity index (χ1v) is 22.5. The molecule has 3 fully saturated rings. The highest BCUT2D eigenvalue weighted by molar-refractivity contribution is 5.84. The number of amides is 2. The first-order valence-electron chi connectivity index (χ1n) is 22.5. The summed E-state index contributed by atoms with van der Waals surface area (Å²) < 4.78 is 20.0. The number of Topliss-reactive ketones (excluding diaryl/α,β-unsaturated/α-hetero) is 1. The summed E-state index contributed by atoms with van der Waals surface area (Å²) in [5, 5.41) is 38.9. The summed E-state index contributed by atoms with van der Waals surface area (Å²) >= 11 is 0. The van der Waals surface area contributed by atoms with Crippen LogP contribution in [0.2, 0.25) is 0 Å². The Balaban J connectivity index is 1.62. The van der Waals surface area contributed by atoms with Gasteiger partial charge in [-0.2, -0.15) is 4.89 Å². The van der Waals surface area contributed by atoms with Gasteiger partial charge in [-0.1, -0.05) is 74.5 Å². The second-order valence-electron chi connectivity index (χ2n) is 18.7. The van der Waals surface area contributed by atoms with Crippen molar-refractivity contribution in [2.75, 3.05) is 6.54 Å². The topological polar surface area (TPSA) is 182 Å². The molecule has 4 rings (SSSR count). The van der Waals surface area contributed by atoms with E-state index in [0.717, 1.165) is 12.8 Å². The van der Waals surface area contributed by atoms with E-state index >= 15 is 0 Å². The van der Waals surface area contributed by atoms with Crippen LogP contribution in [0.4, 0.5) is 4.79 Å². The lowest BCUT2D eigenvalue weighted by Crippen LogP contribution is -2.59. The molecule has 2 amide bonds. The lowest BCUT2D eigenvalue weighted by atomic mass is 9.74. The lowest BCUT2D eigenvalue weighted by Gasteiger charge is -2.47. The van der Waals surface area contributed by atoms with Gasteiger partial charge < -0.3 is 40.2 Å². The average molecular weight is 823 g/mol. The number of carboxylic acid groups (broad SMARTS) is 1. The number of aliphatic hydroxyl groups excluding tert-OH is 1. The van der Waals surface area contributed by atoms with Crippen LogP contribution in [0.3, 0.4) is 0 Å². The number of hydrogen-bond donors (Lipinski definition) is 5. The average Bonchev–Trinajstić information content (AvgIpc) is 3.55. The van der Waals surface area contributed by atoms with Crippen molar-refractivity contribution in [1.82, 2.24) is 10.6 Å². The molecule has 5 N–H and O–H groups in total. The highest BCUT2D eigenvalue weighted by atomic mass is 17.2. The van der Waals surface area contributed by atoms with E-state index in [0.29, 0.717) is 64.3 Å². The molecule has 17 atom stereocenters. The molecule has 4 heterocycles. The summed E-state index contributed by atoms with van der Waals surface area (Å²) in [6.45, 7) is 22.0. The van der Waals surface area contributed by atoms with Crippen molar-refractivity contribution >= 4 is 17.8 Å². The number of carboxylic acids is 1. The maximum absolute atomic E-state index is 14.7. The van der Waals surface area contributed by atoms with E-state index in [1.54, 1.807) is 6.92 Å². The molecular weight excluding hydrogens is 744 g/mol. The van der Waals surface area contributed by atoms with E-state index in [1.807, 2.05) is 54.5 Å². The third kappa shape index (κ3) is 10.8. The molecule has 0 aromatic heterocycles. The molecule has 0 aliphatic carbocycles. The Labute approximate surface area is 348 Å². The van der Waals surface area contributed by atoms with Crippen LogP contribution in [0, 0.1) is 41.4 Å². The van der Waals surface area contributed by atoms with Crippen molar-refractivity contribution in [3.63, 3.8) is 0 Å². The van der Waals surface area contributed by atoms with E-state index in [4.69, 9.17) is 24.0 Å². The van der Waals surface area contributed by atoms with Crippen molar-refractivity contribution in [2.24, 2.45) is 41.4 Å². The van der Waals surface area contributed by atoms with Gasteiger partial charge in [-0.3, -0.25) is 9.59 Å². The highest BCUT2D eigenvalue weighted by Crippen LogP contribution is 2.49. The molecule has 4 aliphatic heterocycles. The number of urea groups is 1. The Morgan fingerprint density at radius 2 is 1.57 bits per heavy atom. The number of nitrogens with one attached hydrogen (secondary N) is 2. The number of ether oxygens (including phenoxy) is 3. The largest absolute Gasteiger partial charge is 0.481 e. The summed E-state index contributed by atoms with van der Waals surface area (Å²) in [4.78, 5) is 53.0. The molecule has 0 aromatic carbocycles. The molecular formula is C45H78N2O11. The minimum absolute atomic E-state index is 0.0487. The van der Waals surface area contributed by atoms with E-state index in [9.17, 15) is 29.7 Å². The predicted molar refractivity (Wildman–Crippen MR) is 221 cm³/mol. The monoisotopic (exact) mass is 823 g/mol. The Morgan fingerprint density at radius 1 is 0.879 bits per heavy atom. The molecule has 0 radical (unpaired) electrons. The molecule has 0 saturated carbocycles. The van der Waals surface area contributed by atoms with E-state index in [1.165, 1.54) is 0 Å². The number of ketones is 1. The maximum Gasteiger partial charge on any atom is 0.315 e. The SMILES string of the molecule is CCCNC(=O)N[C@@H]1/C=C\[C@H](C)C[C@H](C)[C@@H]([C@@H](CC)C(=O)[C@@H](C)[C@@H](O)[C@H](C)[C@@H]2O[C@@H]([C@@H](CC)C(=O)O)CC[C@@H]2C)OO[C@@]12CC[C@@](C)([C@H]1CC[C@](O)(CC)[C@H](C)O1)O2. The van der Waals surface area contributed by atoms with Crippen LogP contribution in [0.5, 0.6) is 0 Å². The molecule has 0 unspecified atom stereocenters. The fraction of sp³-hybridized carbons (Fsp3) is 0.889. The van der Waals surface area contributed by atoms with Gasteiger partial charge in [0, 0.05) is 30.7 Å². The molecule has 0 aromatic rings. The summed E-state index contributed by atoms with van der Waals surface area (Å²) in [6.07, 6.45) is 6.98. The minimum atomic E-state index is -1.48. The molecule has 1 spiro atoms. The number of allylic oxidation sites excluding steroid dienone is 1. The number of aliphatic hydroxyl groups is 2. The number of rotatable bonds is 15. The van der Waals surface area contributed by atoms with Gasteiger partial charge in [0.2, 0.25) is 5.79 Å². The van der Waals surface area contributed by atoms with Crippen LogP contribution in [-0.2, 0) is 33.6 Å². The quantitative estimate of drug-likeness (QED) is 0.0839. The molecule has 58 heavy (non-hydrogen) atoms. The summed E-state index contributed by atoms with van der Waals surface area (Å²) in [7, 11) is 0. The number of carbonyl (C=O) groups excluding carboxylic acids is 2. The number of hydrogen-bond acceptors (Lipinski definition) is 10. The normalized spacial score (nSPS) is 40.5. The predicted octanol–water partition coefficient (Wildman–Crippen LogP) is 7.11. The van der Waals surface area contributed by atoms with Crippen molar-refractivity contribution in [3.05, 3.63) is 12.2 Å². The van der Waals surface area contributed by atoms with Gasteiger partial charge in [0.25, 0.3) is 0 Å². The van der Waals surface area contributed by atoms with Crippen LogP contribution in [0.15, 0.2) is 12.2 Å². The summed E-state index contributed by atoms with van der Waals surface area (Å²) in [5.74, 6) is -4.99. The van der Waals surface area contributed by atoms with Gasteiger partial charge in [-0.05, 0) is 95.8 Å². The van der Waals surface area contributed by atoms with Crippen molar-refractivity contribution in [2.45, 2.75) is 206 Å². The maximum atomic E-state index is 14.7. The van der Waals surface area contributed by atoms with Crippen LogP contribution >= 0.6 is 0 Å². The van der Waals surface area contributed by atoms with Gasteiger partial charge in [0.15, 0.2) is 0 Å². The van der Waals surface area contributed by atoms with Gasteiger partial charge >= 0.3 is 12.0 Å². The smallest absolute Gasteiger partial charge is 0.315 e. The van der Waals surface area contributed by atoms with Crippen molar-refractivity contribution in [1.29, 1.82) is 0 Å². The standard InChI is InChI=1S/C45H78N2O11/c1-12-24-46-42(52)47-35-19-16-26(5)25-28(7)40(56-58-45(35)23-22-43(11,57-45)36-20-21-44(53,15-4)31(10)54-36)33(14-3)38(49)29(8)37(48)30(9)39-27(6)17-18-34(55-39)32(13-2)41(50)51/h16,19,26-37,39-40,48,53H,12-15,17-18,20-25H2,1-11H3,(H,50,51)(H2,46,47,52)/b19-16-/t26-,27-,28-,29-,30-,31-,32+,33-,34+,35+,36+,37+,39+,40-,43-,44+,45-/m0/s1. The van der Waals surface area contributed by atoms with Crippen LogP contribution in [0.25, 0.3) is 0 Å². The van der Waals surface area contributed by atoms with Crippen molar-refractivity contribution < 1.29 is 53.7 Å². The van der Waals surface area contributed by atoms with E-state index in [-0.39, 0.29) is 35.7 Å². The molecule has 4 aliphatic rings. The first-order chi connectivity index (χ1) is 27.3. The van der Waals surface area contributed by atoms with Gasteiger partial charge in [0.05, 0.1) is 47.6 Å². The Bertz CT molecular complexity index is 1400. The van der Waals surface area contributed by atoms with Crippen LogP contribution in [-0.4, -0.2) is 99.3 Å². The second kappa shape index (κ2) is 20.6. The molecule has 13 nitrogen and oxygen atoms in total. The Morgan fingerprint density at radius 3 is 2.17 bits per heavy atom. The third-order valence-corrected chi connectivity index (χ3v) is 14.4. The molecule has 0 bridgehead atoms. The minimum Gasteiger partial charge on any atom is -0.481 e. The number of aliphatic carboxylic acids is 1. The third-order valence-electron chi connectivity index (χ3n) is 14.4. The Hall–Kier alpha value is -2.13. The van der Waals surface area contributed by atoms with E-state index in [2.05, 4.69) is 37.5 Å².